The van der Waals surface area contributed by atoms with Crippen LogP contribution in [0.25, 0.3) is 0 Å². The van der Waals surface area contributed by atoms with Gasteiger partial charge < -0.3 is 4.74 Å². The van der Waals surface area contributed by atoms with Gasteiger partial charge in [0, 0.05) is 24.2 Å². The van der Waals surface area contributed by atoms with Crippen molar-refractivity contribution in [2.45, 2.75) is 58.7 Å². The summed E-state index contributed by atoms with van der Waals surface area (Å²) in [5.41, 5.74) is 0.476. The van der Waals surface area contributed by atoms with Crippen LogP contribution in [0.1, 0.15) is 40.5 Å². The van der Waals surface area contributed by atoms with Crippen LogP contribution in [0.4, 0.5) is 0 Å². The van der Waals surface area contributed by atoms with Crippen LogP contribution >= 0.6 is 0 Å². The van der Waals surface area contributed by atoms with E-state index in [9.17, 15) is 4.79 Å². The highest BCUT2D eigenvalue weighted by molar-refractivity contribution is 5.87. The molecule has 16 heavy (non-hydrogen) atoms. The number of hydrogen-bond donors (Lipinski definition) is 0. The van der Waals surface area contributed by atoms with Gasteiger partial charge in [-0.05, 0) is 26.7 Å². The molecule has 0 amide bonds. The average Bonchev–Trinajstić information content (AvgIpc) is 2.86. The molecule has 3 nitrogen and oxygen atoms in total. The molecule has 0 radical (unpaired) electrons. The fourth-order valence-corrected chi connectivity index (χ4v) is 2.09. The molecule has 1 aliphatic rings. The summed E-state index contributed by atoms with van der Waals surface area (Å²) in [5.74, 6) is -0.269. The largest absolute Gasteiger partial charge is 0.458 e. The van der Waals surface area contributed by atoms with Crippen LogP contribution in [0.3, 0.4) is 0 Å². The Hall–Kier alpha value is -0.830. The summed E-state index contributed by atoms with van der Waals surface area (Å²) in [7, 11) is 0. The second kappa shape index (κ2) is 5.48. The van der Waals surface area contributed by atoms with Crippen LogP contribution in [-0.4, -0.2) is 35.6 Å². The molecule has 3 heteroatoms. The van der Waals surface area contributed by atoms with Gasteiger partial charge in [0.1, 0.15) is 6.10 Å². The third-order valence-electron chi connectivity index (χ3n) is 3.33. The Morgan fingerprint density at radius 2 is 2.12 bits per heavy atom. The summed E-state index contributed by atoms with van der Waals surface area (Å²) in [6.07, 6.45) is 2.04. The molecule has 0 spiro atoms. The predicted molar refractivity (Wildman–Crippen MR) is 65.2 cm³/mol. The lowest BCUT2D eigenvalue weighted by Crippen LogP contribution is -2.26. The van der Waals surface area contributed by atoms with Crippen molar-refractivity contribution in [3.63, 3.8) is 0 Å². The lowest BCUT2D eigenvalue weighted by molar-refractivity contribution is -0.144. The van der Waals surface area contributed by atoms with Crippen molar-refractivity contribution in [2.24, 2.45) is 0 Å². The Bertz CT molecular complexity index is 275. The Labute approximate surface area is 98.5 Å². The highest BCUT2D eigenvalue weighted by atomic mass is 16.5. The molecule has 1 heterocycles. The Morgan fingerprint density at radius 1 is 1.50 bits per heavy atom. The summed E-state index contributed by atoms with van der Waals surface area (Å²) in [6.45, 7) is 12.6. The van der Waals surface area contributed by atoms with E-state index in [1.807, 2.05) is 6.92 Å². The number of nitrogens with zero attached hydrogens (tertiary/aromatic N) is 1. The van der Waals surface area contributed by atoms with Crippen LogP contribution in [0, 0.1) is 0 Å². The van der Waals surface area contributed by atoms with E-state index < -0.39 is 0 Å². The summed E-state index contributed by atoms with van der Waals surface area (Å²) in [6, 6.07) is 1.32. The van der Waals surface area contributed by atoms with E-state index in [4.69, 9.17) is 4.74 Å². The molecule has 1 rings (SSSR count). The maximum atomic E-state index is 11.4. The third kappa shape index (κ3) is 3.08. The zero-order chi connectivity index (χ0) is 12.3. The molecule has 0 aromatic rings. The van der Waals surface area contributed by atoms with Gasteiger partial charge in [-0.2, -0.15) is 0 Å². The second-order valence-electron chi connectivity index (χ2n) is 4.63. The fourth-order valence-electron chi connectivity index (χ4n) is 2.09. The van der Waals surface area contributed by atoms with Gasteiger partial charge in [0.25, 0.3) is 0 Å². The van der Waals surface area contributed by atoms with Gasteiger partial charge in [0.2, 0.25) is 0 Å². The summed E-state index contributed by atoms with van der Waals surface area (Å²) < 4.78 is 5.37. The van der Waals surface area contributed by atoms with Crippen molar-refractivity contribution in [3.8, 4) is 0 Å². The summed E-state index contributed by atoms with van der Waals surface area (Å²) in [5, 5.41) is 0. The second-order valence-corrected chi connectivity index (χ2v) is 4.63. The van der Waals surface area contributed by atoms with Crippen molar-refractivity contribution < 1.29 is 9.53 Å². The normalized spacial score (nSPS) is 29.6. The molecule has 1 fully saturated rings. The summed E-state index contributed by atoms with van der Waals surface area (Å²) >= 11 is 0. The lowest BCUT2D eigenvalue weighted by atomic mass is 10.2. The smallest absolute Gasteiger partial charge is 0.333 e. The maximum Gasteiger partial charge on any atom is 0.333 e. The first-order valence-electron chi connectivity index (χ1n) is 6.13. The van der Waals surface area contributed by atoms with E-state index in [1.165, 1.54) is 6.42 Å². The molecule has 0 bridgehead atoms. The highest BCUT2D eigenvalue weighted by Crippen LogP contribution is 2.31. The molecule has 1 aliphatic heterocycles. The lowest BCUT2D eigenvalue weighted by Gasteiger charge is -2.17. The zero-order valence-corrected chi connectivity index (χ0v) is 10.8. The van der Waals surface area contributed by atoms with Gasteiger partial charge in [-0.3, -0.25) is 4.90 Å². The van der Waals surface area contributed by atoms with Crippen molar-refractivity contribution >= 4 is 5.97 Å². The minimum Gasteiger partial charge on any atom is -0.458 e. The molecule has 0 N–H and O–H groups in total. The highest BCUT2D eigenvalue weighted by Gasteiger charge is 2.43. The Kier molecular flexibility index (Phi) is 4.54. The molecule has 1 saturated heterocycles. The van der Waals surface area contributed by atoms with E-state index in [1.54, 1.807) is 6.92 Å². The predicted octanol–water partition coefficient (Wildman–Crippen LogP) is 2.37. The standard InChI is InChI=1S/C13H23NO2/c1-6-11(16-13(15)9(3)4)8-14-10(5)12(14)7-2/h10-12H,3,6-8H2,1-2,4-5H3. The minimum atomic E-state index is -0.269. The Morgan fingerprint density at radius 3 is 2.50 bits per heavy atom. The van der Waals surface area contributed by atoms with Gasteiger partial charge in [-0.15, -0.1) is 0 Å². The van der Waals surface area contributed by atoms with Gasteiger partial charge in [-0.25, -0.2) is 4.79 Å². The van der Waals surface area contributed by atoms with Crippen LogP contribution in [0.5, 0.6) is 0 Å². The third-order valence-corrected chi connectivity index (χ3v) is 3.33. The maximum absolute atomic E-state index is 11.4. The Balaban J connectivity index is 2.39. The van der Waals surface area contributed by atoms with E-state index in [0.29, 0.717) is 17.7 Å². The number of rotatable bonds is 6. The van der Waals surface area contributed by atoms with Crippen molar-refractivity contribution in [1.29, 1.82) is 0 Å². The van der Waals surface area contributed by atoms with Crippen molar-refractivity contribution in [1.82, 2.24) is 4.90 Å². The topological polar surface area (TPSA) is 29.3 Å². The van der Waals surface area contributed by atoms with Crippen molar-refractivity contribution in [2.75, 3.05) is 6.54 Å². The van der Waals surface area contributed by atoms with E-state index >= 15 is 0 Å². The zero-order valence-electron chi connectivity index (χ0n) is 10.8. The van der Waals surface area contributed by atoms with E-state index in [0.717, 1.165) is 13.0 Å². The molecule has 0 aliphatic carbocycles. The molecule has 4 atom stereocenters. The first kappa shape index (κ1) is 13.2. The van der Waals surface area contributed by atoms with Gasteiger partial charge in [0.15, 0.2) is 0 Å². The average molecular weight is 225 g/mol. The first-order chi connectivity index (χ1) is 7.51. The SMILES string of the molecule is C=C(C)C(=O)OC(CC)CN1C(C)C1CC. The molecule has 92 valence electrons. The fraction of sp³-hybridized carbons (Fsp3) is 0.769. The number of carbonyl (C=O) groups is 1. The molecule has 0 aromatic carbocycles. The quantitative estimate of drug-likeness (QED) is 0.395. The van der Waals surface area contributed by atoms with Crippen LogP contribution in [-0.2, 0) is 9.53 Å². The molecule has 0 saturated carbocycles. The molecule has 0 aromatic heterocycles. The van der Waals surface area contributed by atoms with Crippen LogP contribution in [0.15, 0.2) is 12.2 Å². The number of ether oxygens (including phenoxy) is 1. The number of carbonyl (C=O) groups excluding carboxylic acids is 1. The molecular weight excluding hydrogens is 202 g/mol. The minimum absolute atomic E-state index is 0.00296. The van der Waals surface area contributed by atoms with E-state index in [2.05, 4.69) is 25.3 Å². The number of hydrogen-bond acceptors (Lipinski definition) is 3. The van der Waals surface area contributed by atoms with Gasteiger partial charge in [0.05, 0.1) is 0 Å². The van der Waals surface area contributed by atoms with Crippen LogP contribution < -0.4 is 0 Å². The monoisotopic (exact) mass is 225 g/mol. The van der Waals surface area contributed by atoms with Gasteiger partial charge in [-0.1, -0.05) is 20.4 Å². The number of esters is 1. The molecular formula is C13H23NO2. The summed E-state index contributed by atoms with van der Waals surface area (Å²) in [4.78, 5) is 13.8. The van der Waals surface area contributed by atoms with E-state index in [-0.39, 0.29) is 12.1 Å². The molecule has 4 unspecified atom stereocenters. The van der Waals surface area contributed by atoms with Gasteiger partial charge >= 0.3 is 5.97 Å². The van der Waals surface area contributed by atoms with Crippen molar-refractivity contribution in [3.05, 3.63) is 12.2 Å². The van der Waals surface area contributed by atoms with Crippen LogP contribution in [0.2, 0.25) is 0 Å². The first-order valence-corrected chi connectivity index (χ1v) is 6.13.